The predicted octanol–water partition coefficient (Wildman–Crippen LogP) is 3.95. The highest BCUT2D eigenvalue weighted by Gasteiger charge is 2.41. The molecular weight excluding hydrogens is 395 g/mol. The Hall–Kier alpha value is -2.79. The Kier molecular flexibility index (Phi) is 4.52. The van der Waals surface area contributed by atoms with E-state index in [0.29, 0.717) is 12.1 Å². The van der Waals surface area contributed by atoms with E-state index in [1.54, 1.807) is 6.07 Å². The van der Waals surface area contributed by atoms with Crippen molar-refractivity contribution in [3.05, 3.63) is 59.9 Å². The Bertz CT molecular complexity index is 1090. The molecule has 0 atom stereocenters. The number of sulfonamides is 1. The molecule has 0 aliphatic heterocycles. The zero-order valence-electron chi connectivity index (χ0n) is 13.1. The van der Waals surface area contributed by atoms with Crippen LogP contribution in [0.25, 0.3) is 22.4 Å². The molecule has 1 aromatic heterocycles. The molecule has 0 aliphatic rings. The van der Waals surface area contributed by atoms with E-state index in [4.69, 9.17) is 5.14 Å². The summed E-state index contributed by atoms with van der Waals surface area (Å²) in [5, 5.41) is 8.11. The first kappa shape index (κ1) is 19.0. The number of primary sulfonamides is 1. The highest BCUT2D eigenvalue weighted by Crippen LogP contribution is 2.43. The Labute approximate surface area is 149 Å². The van der Waals surface area contributed by atoms with Gasteiger partial charge in [0.2, 0.25) is 15.8 Å². The van der Waals surface area contributed by atoms with Crippen molar-refractivity contribution in [3.63, 3.8) is 0 Å². The molecule has 1 heterocycles. The monoisotopic (exact) mass is 404 g/mol. The van der Waals surface area contributed by atoms with E-state index in [0.717, 1.165) is 0 Å². The Morgan fingerprint density at radius 2 is 1.52 bits per heavy atom. The van der Waals surface area contributed by atoms with Crippen LogP contribution >= 0.6 is 0 Å². The highest BCUT2D eigenvalue weighted by molar-refractivity contribution is 7.89. The van der Waals surface area contributed by atoms with Gasteiger partial charge in [-0.1, -0.05) is 35.5 Å². The lowest BCUT2D eigenvalue weighted by atomic mass is 9.98. The zero-order chi connectivity index (χ0) is 20.0. The molecular formula is C16H9F5N2O3S. The molecule has 27 heavy (non-hydrogen) atoms. The standard InChI is InChI=1S/C16H9F5N2O3S/c17-10-6-9(7-11(18)14(10)27(22,24)25)12-13(8-4-2-1-3-5-8)23-26-15(12)16(19,20)21/h1-7H,(H2,22,24,25). The molecule has 2 N–H and O–H groups in total. The topological polar surface area (TPSA) is 86.2 Å². The first-order valence-electron chi connectivity index (χ1n) is 7.14. The van der Waals surface area contributed by atoms with Crippen molar-refractivity contribution >= 4 is 10.0 Å². The van der Waals surface area contributed by atoms with Crippen LogP contribution in [0.15, 0.2) is 51.9 Å². The number of nitrogens with two attached hydrogens (primary N) is 1. The van der Waals surface area contributed by atoms with Gasteiger partial charge >= 0.3 is 6.18 Å². The Balaban J connectivity index is 2.33. The van der Waals surface area contributed by atoms with Gasteiger partial charge in [0.25, 0.3) is 0 Å². The van der Waals surface area contributed by atoms with Crippen molar-refractivity contribution in [2.75, 3.05) is 0 Å². The lowest BCUT2D eigenvalue weighted by Crippen LogP contribution is -2.16. The molecule has 0 unspecified atom stereocenters. The smallest absolute Gasteiger partial charge is 0.350 e. The number of hydrogen-bond donors (Lipinski definition) is 1. The summed E-state index contributed by atoms with van der Waals surface area (Å²) in [6, 6.07) is 8.35. The maximum atomic E-state index is 14.1. The molecule has 142 valence electrons. The van der Waals surface area contributed by atoms with Crippen LogP contribution in [0.3, 0.4) is 0 Å². The molecule has 0 spiro atoms. The second-order valence-electron chi connectivity index (χ2n) is 5.41. The van der Waals surface area contributed by atoms with Crippen LogP contribution in [0.4, 0.5) is 22.0 Å². The van der Waals surface area contributed by atoms with Crippen molar-refractivity contribution in [2.45, 2.75) is 11.1 Å². The summed E-state index contributed by atoms with van der Waals surface area (Å²) in [7, 11) is -4.76. The second-order valence-corrected chi connectivity index (χ2v) is 6.91. The molecule has 3 rings (SSSR count). The number of halogens is 5. The van der Waals surface area contributed by atoms with Crippen molar-refractivity contribution < 1.29 is 34.9 Å². The molecule has 3 aromatic rings. The lowest BCUT2D eigenvalue weighted by Gasteiger charge is -2.10. The van der Waals surface area contributed by atoms with Crippen molar-refractivity contribution in [1.29, 1.82) is 0 Å². The van der Waals surface area contributed by atoms with Crippen LogP contribution in [0, 0.1) is 11.6 Å². The minimum Gasteiger partial charge on any atom is -0.350 e. The van der Waals surface area contributed by atoms with Crippen LogP contribution in [0.2, 0.25) is 0 Å². The minimum atomic E-state index is -5.01. The van der Waals surface area contributed by atoms with E-state index in [1.165, 1.54) is 24.3 Å². The molecule has 11 heteroatoms. The van der Waals surface area contributed by atoms with Crippen LogP contribution in [-0.2, 0) is 16.2 Å². The van der Waals surface area contributed by atoms with Gasteiger partial charge in [0.1, 0.15) is 17.3 Å². The number of hydrogen-bond acceptors (Lipinski definition) is 4. The molecule has 2 aromatic carbocycles. The molecule has 0 saturated carbocycles. The van der Waals surface area contributed by atoms with Crippen molar-refractivity contribution in [2.24, 2.45) is 5.14 Å². The fourth-order valence-electron chi connectivity index (χ4n) is 2.52. The number of nitrogens with zero attached hydrogens (tertiary/aromatic N) is 1. The summed E-state index contributed by atoms with van der Waals surface area (Å²) in [5.74, 6) is -4.86. The van der Waals surface area contributed by atoms with Gasteiger partial charge in [-0.25, -0.2) is 22.3 Å². The summed E-state index contributed by atoms with van der Waals surface area (Å²) in [4.78, 5) is -1.45. The minimum absolute atomic E-state index is 0.197. The summed E-state index contributed by atoms with van der Waals surface area (Å²) in [5.41, 5.74) is -1.45. The van der Waals surface area contributed by atoms with E-state index in [-0.39, 0.29) is 11.3 Å². The summed E-state index contributed by atoms with van der Waals surface area (Å²) in [6.07, 6.45) is -5.01. The van der Waals surface area contributed by atoms with Gasteiger partial charge in [-0.15, -0.1) is 0 Å². The first-order valence-corrected chi connectivity index (χ1v) is 8.69. The average Bonchev–Trinajstić information content (AvgIpc) is 2.98. The van der Waals surface area contributed by atoms with Gasteiger partial charge < -0.3 is 4.52 Å². The van der Waals surface area contributed by atoms with Gasteiger partial charge in [-0.2, -0.15) is 13.2 Å². The molecule has 5 nitrogen and oxygen atoms in total. The van der Waals surface area contributed by atoms with Gasteiger partial charge in [0.15, 0.2) is 4.90 Å². The molecule has 0 amide bonds. The van der Waals surface area contributed by atoms with Crippen LogP contribution in [-0.4, -0.2) is 13.6 Å². The largest absolute Gasteiger partial charge is 0.453 e. The third-order valence-electron chi connectivity index (χ3n) is 3.57. The number of rotatable bonds is 3. The van der Waals surface area contributed by atoms with Crippen LogP contribution in [0.1, 0.15) is 5.76 Å². The highest BCUT2D eigenvalue weighted by atomic mass is 32.2. The third kappa shape index (κ3) is 3.55. The van der Waals surface area contributed by atoms with Crippen molar-refractivity contribution in [1.82, 2.24) is 5.16 Å². The van der Waals surface area contributed by atoms with E-state index in [9.17, 15) is 30.4 Å². The molecule has 0 aliphatic carbocycles. The van der Waals surface area contributed by atoms with Crippen LogP contribution in [0.5, 0.6) is 0 Å². The zero-order valence-corrected chi connectivity index (χ0v) is 13.9. The summed E-state index contributed by atoms with van der Waals surface area (Å²) >= 11 is 0. The number of alkyl halides is 3. The molecule has 0 bridgehead atoms. The fourth-order valence-corrected chi connectivity index (χ4v) is 3.18. The summed E-state index contributed by atoms with van der Waals surface area (Å²) in [6.45, 7) is 0. The SMILES string of the molecule is NS(=O)(=O)c1c(F)cc(-c2c(-c3ccccc3)noc2C(F)(F)F)cc1F. The molecule has 0 saturated heterocycles. The van der Waals surface area contributed by atoms with Gasteiger partial charge in [0.05, 0.1) is 5.56 Å². The number of aromatic nitrogens is 1. The Morgan fingerprint density at radius 3 is 2.00 bits per heavy atom. The maximum absolute atomic E-state index is 14.1. The van der Waals surface area contributed by atoms with Gasteiger partial charge in [0, 0.05) is 5.56 Å². The summed E-state index contributed by atoms with van der Waals surface area (Å²) < 4.78 is 95.1. The average molecular weight is 404 g/mol. The fraction of sp³-hybridized carbons (Fsp3) is 0.0625. The van der Waals surface area contributed by atoms with E-state index < -0.39 is 49.6 Å². The van der Waals surface area contributed by atoms with Crippen molar-refractivity contribution in [3.8, 4) is 22.4 Å². The number of benzene rings is 2. The quantitative estimate of drug-likeness (QED) is 0.670. The van der Waals surface area contributed by atoms with E-state index in [2.05, 4.69) is 9.68 Å². The Morgan fingerprint density at radius 1 is 0.963 bits per heavy atom. The van der Waals surface area contributed by atoms with Crippen LogP contribution < -0.4 is 5.14 Å². The van der Waals surface area contributed by atoms with E-state index in [1.807, 2.05) is 0 Å². The second kappa shape index (κ2) is 6.43. The van der Waals surface area contributed by atoms with E-state index >= 15 is 0 Å². The maximum Gasteiger partial charge on any atom is 0.453 e. The molecule has 0 radical (unpaired) electrons. The lowest BCUT2D eigenvalue weighted by molar-refractivity contribution is -0.154. The molecule has 0 fully saturated rings. The van der Waals surface area contributed by atoms with Gasteiger partial charge in [-0.05, 0) is 17.7 Å². The third-order valence-corrected chi connectivity index (χ3v) is 4.53. The normalized spacial score (nSPS) is 12.4. The van der Waals surface area contributed by atoms with Gasteiger partial charge in [-0.3, -0.25) is 0 Å². The predicted molar refractivity (Wildman–Crippen MR) is 83.7 cm³/mol. The first-order chi connectivity index (χ1) is 12.5.